The van der Waals surface area contributed by atoms with Gasteiger partial charge in [-0.2, -0.15) is 0 Å². The van der Waals surface area contributed by atoms with E-state index in [2.05, 4.69) is 66.9 Å². The van der Waals surface area contributed by atoms with E-state index in [1.54, 1.807) is 6.07 Å². The number of halogens is 1. The Hall–Kier alpha value is -1.67. The minimum Gasteiger partial charge on any atom is -0.465 e. The van der Waals surface area contributed by atoms with E-state index in [9.17, 15) is 9.59 Å². The van der Waals surface area contributed by atoms with Gasteiger partial charge in [0.2, 0.25) is 5.91 Å². The maximum atomic E-state index is 13.3. The predicted octanol–water partition coefficient (Wildman–Crippen LogP) is 6.50. The molecule has 4 nitrogen and oxygen atoms in total. The van der Waals surface area contributed by atoms with Crippen LogP contribution in [0.25, 0.3) is 0 Å². The SMILES string of the molecule is COC(=O)c1ccc(CC(C(=O)NC2=CC=C(I)CC2)C2=CC=C(C(C)(C)C)CC2)s1. The van der Waals surface area contributed by atoms with E-state index < -0.39 is 0 Å². The molecule has 6 heteroatoms. The first kappa shape index (κ1) is 24.0. The molecule has 0 radical (unpaired) electrons. The number of hydrogen-bond donors (Lipinski definition) is 1. The number of ether oxygens (including phenoxy) is 1. The standard InChI is InChI=1S/C25H30INO3S/c1-25(2,3)17-7-5-16(6-8-17)21(15-20-13-14-22(31-20)24(29)30-4)23(28)27-19-11-9-18(26)10-12-19/h5,7,9,11,13-14,21H,6,8,10,12,15H2,1-4H3,(H,27,28). The summed E-state index contributed by atoms with van der Waals surface area (Å²) < 4.78 is 6.13. The van der Waals surface area contributed by atoms with Crippen LogP contribution in [0.4, 0.5) is 0 Å². The van der Waals surface area contributed by atoms with E-state index in [1.807, 2.05) is 12.1 Å². The lowest BCUT2D eigenvalue weighted by Crippen LogP contribution is -2.33. The van der Waals surface area contributed by atoms with E-state index in [0.717, 1.165) is 41.8 Å². The van der Waals surface area contributed by atoms with Crippen molar-refractivity contribution in [2.75, 3.05) is 7.11 Å². The lowest BCUT2D eigenvalue weighted by atomic mass is 9.78. The largest absolute Gasteiger partial charge is 0.465 e. The molecule has 2 aliphatic rings. The molecule has 3 rings (SSSR count). The number of esters is 1. The molecule has 1 atom stereocenters. The normalized spacial score (nSPS) is 17.7. The number of methoxy groups -OCH3 is 1. The molecule has 1 heterocycles. The monoisotopic (exact) mass is 551 g/mol. The summed E-state index contributed by atoms with van der Waals surface area (Å²) in [7, 11) is 1.39. The zero-order valence-corrected chi connectivity index (χ0v) is 21.6. The van der Waals surface area contributed by atoms with Crippen LogP contribution in [0.1, 0.15) is 61.0 Å². The van der Waals surface area contributed by atoms with Crippen LogP contribution in [-0.4, -0.2) is 19.0 Å². The number of thiophene rings is 1. The summed E-state index contributed by atoms with van der Waals surface area (Å²) in [4.78, 5) is 26.8. The number of rotatable bonds is 6. The van der Waals surface area contributed by atoms with Gasteiger partial charge >= 0.3 is 5.97 Å². The van der Waals surface area contributed by atoms with Gasteiger partial charge in [0.05, 0.1) is 13.0 Å². The molecule has 2 aliphatic carbocycles. The molecule has 1 unspecified atom stereocenters. The maximum Gasteiger partial charge on any atom is 0.348 e. The van der Waals surface area contributed by atoms with Crippen molar-refractivity contribution in [2.45, 2.75) is 52.9 Å². The summed E-state index contributed by atoms with van der Waals surface area (Å²) >= 11 is 3.74. The third-order valence-corrected chi connectivity index (χ3v) is 7.73. The fourth-order valence-corrected chi connectivity index (χ4v) is 5.24. The van der Waals surface area contributed by atoms with E-state index in [0.29, 0.717) is 11.3 Å². The van der Waals surface area contributed by atoms with Crippen molar-refractivity contribution < 1.29 is 14.3 Å². The number of hydrogen-bond acceptors (Lipinski definition) is 4. The molecule has 0 saturated carbocycles. The minimum atomic E-state index is -0.333. The molecule has 0 aliphatic heterocycles. The molecule has 0 aromatic carbocycles. The average molecular weight is 551 g/mol. The Morgan fingerprint density at radius 3 is 2.45 bits per heavy atom. The van der Waals surface area contributed by atoms with E-state index in [4.69, 9.17) is 4.74 Å². The Morgan fingerprint density at radius 2 is 1.87 bits per heavy atom. The van der Waals surface area contributed by atoms with Gasteiger partial charge in [-0.15, -0.1) is 11.3 Å². The number of nitrogens with one attached hydrogen (secondary N) is 1. The molecule has 0 saturated heterocycles. The third-order valence-electron chi connectivity index (χ3n) is 5.74. The molecule has 166 valence electrons. The summed E-state index contributed by atoms with van der Waals surface area (Å²) in [5.41, 5.74) is 3.67. The van der Waals surface area contributed by atoms with Gasteiger partial charge in [0.15, 0.2) is 0 Å². The lowest BCUT2D eigenvalue weighted by Gasteiger charge is -2.28. The number of carbonyl (C=O) groups excluding carboxylic acids is 2. The van der Waals surface area contributed by atoms with Gasteiger partial charge in [0.25, 0.3) is 0 Å². The lowest BCUT2D eigenvalue weighted by molar-refractivity contribution is -0.123. The Kier molecular flexibility index (Phi) is 7.97. The van der Waals surface area contributed by atoms with Crippen LogP contribution < -0.4 is 5.32 Å². The smallest absolute Gasteiger partial charge is 0.348 e. The molecule has 0 spiro atoms. The Morgan fingerprint density at radius 1 is 1.10 bits per heavy atom. The highest BCUT2D eigenvalue weighted by molar-refractivity contribution is 14.1. The summed E-state index contributed by atoms with van der Waals surface area (Å²) in [5.74, 6) is -0.558. The highest BCUT2D eigenvalue weighted by Crippen LogP contribution is 2.36. The molecular formula is C25H30INO3S. The second kappa shape index (κ2) is 10.3. The average Bonchev–Trinajstić information content (AvgIpc) is 3.21. The second-order valence-corrected chi connectivity index (χ2v) is 11.5. The molecule has 1 aromatic heterocycles. The minimum absolute atomic E-state index is 0.0310. The van der Waals surface area contributed by atoms with Crippen molar-refractivity contribution in [3.8, 4) is 0 Å². The predicted molar refractivity (Wildman–Crippen MR) is 135 cm³/mol. The van der Waals surface area contributed by atoms with E-state index in [-0.39, 0.29) is 23.2 Å². The fourth-order valence-electron chi connectivity index (χ4n) is 3.82. The van der Waals surface area contributed by atoms with Crippen LogP contribution in [0.5, 0.6) is 0 Å². The molecule has 1 amide bonds. The highest BCUT2D eigenvalue weighted by Gasteiger charge is 2.28. The van der Waals surface area contributed by atoms with Gasteiger partial charge in [-0.25, -0.2) is 4.79 Å². The quantitative estimate of drug-likeness (QED) is 0.325. The first-order chi connectivity index (χ1) is 14.7. The van der Waals surface area contributed by atoms with Gasteiger partial charge in [-0.05, 0) is 81.9 Å². The van der Waals surface area contributed by atoms with Crippen LogP contribution >= 0.6 is 33.9 Å². The first-order valence-electron chi connectivity index (χ1n) is 10.6. The maximum absolute atomic E-state index is 13.3. The number of carbonyl (C=O) groups is 2. The third kappa shape index (κ3) is 6.42. The van der Waals surface area contributed by atoms with Crippen LogP contribution in [-0.2, 0) is 16.0 Å². The van der Waals surface area contributed by atoms with Crippen LogP contribution in [0, 0.1) is 11.3 Å². The first-order valence-corrected chi connectivity index (χ1v) is 12.5. The molecule has 31 heavy (non-hydrogen) atoms. The van der Waals surface area contributed by atoms with E-state index in [1.165, 1.54) is 27.6 Å². The van der Waals surface area contributed by atoms with Crippen molar-refractivity contribution in [1.29, 1.82) is 0 Å². The number of amides is 1. The summed E-state index contributed by atoms with van der Waals surface area (Å²) in [6.45, 7) is 6.69. The second-order valence-electron chi connectivity index (χ2n) is 8.99. The van der Waals surface area contributed by atoms with Crippen molar-refractivity contribution >= 4 is 45.8 Å². The van der Waals surface area contributed by atoms with E-state index >= 15 is 0 Å². The molecular weight excluding hydrogens is 521 g/mol. The van der Waals surface area contributed by atoms with Gasteiger partial charge in [-0.3, -0.25) is 4.79 Å². The zero-order valence-electron chi connectivity index (χ0n) is 18.6. The van der Waals surface area contributed by atoms with Crippen LogP contribution in [0.3, 0.4) is 0 Å². The highest BCUT2D eigenvalue weighted by atomic mass is 127. The van der Waals surface area contributed by atoms with Crippen molar-refractivity contribution in [2.24, 2.45) is 11.3 Å². The van der Waals surface area contributed by atoms with Gasteiger partial charge < -0.3 is 10.1 Å². The van der Waals surface area contributed by atoms with Gasteiger partial charge in [0, 0.05) is 10.6 Å². The summed E-state index contributed by atoms with van der Waals surface area (Å²) in [5, 5.41) is 3.16. The molecule has 1 N–H and O–H groups in total. The van der Waals surface area contributed by atoms with Crippen molar-refractivity contribution in [3.05, 3.63) is 66.6 Å². The summed E-state index contributed by atoms with van der Waals surface area (Å²) in [6, 6.07) is 3.71. The van der Waals surface area contributed by atoms with Crippen molar-refractivity contribution in [3.63, 3.8) is 0 Å². The topological polar surface area (TPSA) is 55.4 Å². The zero-order chi connectivity index (χ0) is 22.6. The molecule has 0 bridgehead atoms. The fraction of sp³-hybridized carbons (Fsp3) is 0.440. The van der Waals surface area contributed by atoms with Crippen LogP contribution in [0.15, 0.2) is 56.9 Å². The van der Waals surface area contributed by atoms with Crippen molar-refractivity contribution in [1.82, 2.24) is 5.32 Å². The number of allylic oxidation sites excluding steroid dienone is 7. The van der Waals surface area contributed by atoms with Crippen LogP contribution in [0.2, 0.25) is 0 Å². The van der Waals surface area contributed by atoms with Gasteiger partial charge in [0.1, 0.15) is 4.88 Å². The Labute approximate surface area is 202 Å². The molecule has 0 fully saturated rings. The Balaban J connectivity index is 1.84. The Bertz CT molecular complexity index is 975. The molecule has 1 aromatic rings. The van der Waals surface area contributed by atoms with Gasteiger partial charge in [-0.1, -0.05) is 50.1 Å². The summed E-state index contributed by atoms with van der Waals surface area (Å²) in [6.07, 6.45) is 12.7.